The molecule has 0 radical (unpaired) electrons. The summed E-state index contributed by atoms with van der Waals surface area (Å²) in [5.41, 5.74) is 3.10. The van der Waals surface area contributed by atoms with Gasteiger partial charge in [-0.05, 0) is 80.1 Å². The summed E-state index contributed by atoms with van der Waals surface area (Å²) in [5, 5.41) is 37.6. The number of hydrogen-bond acceptors (Lipinski definition) is 10. The normalized spacial score (nSPS) is 33.2. The van der Waals surface area contributed by atoms with Crippen molar-refractivity contribution in [1.29, 1.82) is 0 Å². The van der Waals surface area contributed by atoms with Gasteiger partial charge in [0.15, 0.2) is 12.4 Å². The first-order valence-electron chi connectivity index (χ1n) is 17.3. The van der Waals surface area contributed by atoms with Crippen molar-refractivity contribution in [2.24, 2.45) is 40.2 Å². The van der Waals surface area contributed by atoms with Crippen LogP contribution in [0.3, 0.4) is 0 Å². The number of allylic oxidation sites excluding steroid dienone is 1. The number of Topliss-reactive ketones (excluding diaryl/α,β-unsaturated/α-hetero) is 1. The van der Waals surface area contributed by atoms with Gasteiger partial charge in [-0.3, -0.25) is 28.8 Å². The summed E-state index contributed by atoms with van der Waals surface area (Å²) in [6, 6.07) is -2.53. The van der Waals surface area contributed by atoms with Crippen molar-refractivity contribution in [3.05, 3.63) is 11.6 Å². The highest BCUT2D eigenvalue weighted by molar-refractivity contribution is 5.93. The molecule has 3 amide bonds. The van der Waals surface area contributed by atoms with Crippen molar-refractivity contribution >= 4 is 41.2 Å². The Hall–Kier alpha value is -3.65. The van der Waals surface area contributed by atoms with Crippen molar-refractivity contribution in [3.63, 3.8) is 0 Å². The minimum absolute atomic E-state index is 0.0368. The minimum Gasteiger partial charge on any atom is -0.480 e. The van der Waals surface area contributed by atoms with E-state index in [1.54, 1.807) is 19.9 Å². The summed E-state index contributed by atoms with van der Waals surface area (Å²) < 4.78 is 5.20. The third-order valence-electron chi connectivity index (χ3n) is 12.0. The molecule has 0 saturated heterocycles. The Morgan fingerprint density at radius 2 is 1.71 bits per heavy atom. The van der Waals surface area contributed by atoms with Crippen LogP contribution in [0, 0.1) is 34.5 Å². The van der Waals surface area contributed by atoms with E-state index in [0.717, 1.165) is 18.4 Å². The van der Waals surface area contributed by atoms with Crippen LogP contribution < -0.4 is 16.4 Å². The number of ketones is 2. The Kier molecular flexibility index (Phi) is 11.4. The summed E-state index contributed by atoms with van der Waals surface area (Å²) in [7, 11) is 0. The summed E-state index contributed by atoms with van der Waals surface area (Å²) >= 11 is 0. The molecule has 4 aliphatic carbocycles. The Labute approximate surface area is 286 Å². The van der Waals surface area contributed by atoms with E-state index in [4.69, 9.17) is 10.5 Å². The summed E-state index contributed by atoms with van der Waals surface area (Å²) in [5.74, 6) is -5.46. The number of carboxylic acids is 1. The molecule has 7 N–H and O–H groups in total. The van der Waals surface area contributed by atoms with Crippen molar-refractivity contribution in [1.82, 2.24) is 10.6 Å². The predicted molar refractivity (Wildman–Crippen MR) is 173 cm³/mol. The van der Waals surface area contributed by atoms with E-state index >= 15 is 0 Å². The highest BCUT2D eigenvalue weighted by atomic mass is 16.5. The highest BCUT2D eigenvalue weighted by Crippen LogP contribution is 2.67. The zero-order valence-electron chi connectivity index (χ0n) is 28.8. The fraction of sp³-hybridized carbons (Fsp3) is 0.743. The zero-order valence-corrected chi connectivity index (χ0v) is 28.8. The maximum absolute atomic E-state index is 13.5. The molecule has 0 aromatic rings. The maximum atomic E-state index is 13.5. The number of fused-ring (bicyclic) bond motifs is 5. The van der Waals surface area contributed by atoms with Crippen LogP contribution in [0.4, 0.5) is 0 Å². The Morgan fingerprint density at radius 3 is 2.35 bits per heavy atom. The second-order valence-electron chi connectivity index (χ2n) is 15.3. The van der Waals surface area contributed by atoms with Crippen molar-refractivity contribution in [3.8, 4) is 0 Å². The van der Waals surface area contributed by atoms with Gasteiger partial charge < -0.3 is 36.4 Å². The van der Waals surface area contributed by atoms with Crippen LogP contribution >= 0.6 is 0 Å². The molecule has 0 heterocycles. The van der Waals surface area contributed by atoms with Gasteiger partial charge in [0, 0.05) is 24.7 Å². The fourth-order valence-corrected chi connectivity index (χ4v) is 9.29. The molecule has 0 aromatic carbocycles. The second-order valence-corrected chi connectivity index (χ2v) is 15.3. The number of carbonyl (C=O) groups is 7. The van der Waals surface area contributed by atoms with Crippen LogP contribution in [0.15, 0.2) is 11.6 Å². The first-order chi connectivity index (χ1) is 22.8. The average molecular weight is 690 g/mol. The van der Waals surface area contributed by atoms with E-state index in [-0.39, 0.29) is 61.1 Å². The molecule has 3 saturated carbocycles. The first kappa shape index (κ1) is 38.2. The number of aliphatic hydroxyl groups is 2. The van der Waals surface area contributed by atoms with Gasteiger partial charge in [0.05, 0.1) is 12.5 Å². The van der Waals surface area contributed by atoms with E-state index in [1.165, 1.54) is 0 Å². The van der Waals surface area contributed by atoms with E-state index in [2.05, 4.69) is 17.6 Å². The van der Waals surface area contributed by atoms with Crippen LogP contribution in [-0.2, 0) is 38.3 Å². The Balaban J connectivity index is 1.31. The topological polar surface area (TPSA) is 239 Å². The number of aliphatic carboxylic acids is 1. The van der Waals surface area contributed by atoms with Gasteiger partial charge in [0.1, 0.15) is 17.7 Å². The van der Waals surface area contributed by atoms with Gasteiger partial charge in [0.25, 0.3) is 0 Å². The number of esters is 1. The molecular formula is C35H51N3O11. The lowest BCUT2D eigenvalue weighted by Gasteiger charge is -2.60. The minimum atomic E-state index is -1.82. The molecule has 4 aliphatic rings. The van der Waals surface area contributed by atoms with Gasteiger partial charge in [-0.2, -0.15) is 0 Å². The number of primary amides is 1. The molecule has 272 valence electrons. The average Bonchev–Trinajstić information content (AvgIpc) is 3.29. The Bertz CT molecular complexity index is 1410. The number of carboxylic acid groups (broad SMARTS) is 1. The molecule has 14 nitrogen and oxygen atoms in total. The monoisotopic (exact) mass is 689 g/mol. The summed E-state index contributed by atoms with van der Waals surface area (Å²) in [6.45, 7) is 6.53. The number of aliphatic hydroxyl groups excluding tert-OH is 1. The number of nitrogens with one attached hydrogen (secondary N) is 2. The number of ether oxygens (including phenoxy) is 1. The third-order valence-corrected chi connectivity index (χ3v) is 12.0. The summed E-state index contributed by atoms with van der Waals surface area (Å²) in [4.78, 5) is 86.2. The molecule has 4 rings (SSSR count). The van der Waals surface area contributed by atoms with Crippen molar-refractivity contribution in [2.75, 3.05) is 6.61 Å². The quantitative estimate of drug-likeness (QED) is 0.141. The summed E-state index contributed by atoms with van der Waals surface area (Å²) in [6.07, 6.45) is 3.24. The zero-order chi connectivity index (χ0) is 36.5. The number of nitrogens with two attached hydrogens (primary N) is 1. The SMILES string of the molecule is CC(C)[C@@H](NC(=O)CCC(=O)OCC(=O)[C@@]1(O)CC[C@H]2[C@@H]3CCC4=CC(=O)CC[C@]4(C)[C@H]3[C@@H](O)C[C@@]21C)C(=O)N[C@@H](CCC(N)=O)C(=O)O. The lowest BCUT2D eigenvalue weighted by molar-refractivity contribution is -0.184. The molecule has 0 bridgehead atoms. The van der Waals surface area contributed by atoms with Crippen LogP contribution in [0.25, 0.3) is 0 Å². The molecule has 0 spiro atoms. The van der Waals surface area contributed by atoms with Crippen molar-refractivity contribution in [2.45, 2.75) is 122 Å². The predicted octanol–water partition coefficient (Wildman–Crippen LogP) is 1.09. The number of hydrogen-bond donors (Lipinski definition) is 6. The number of amides is 3. The Morgan fingerprint density at radius 1 is 1.02 bits per heavy atom. The van der Waals surface area contributed by atoms with Gasteiger partial charge >= 0.3 is 11.9 Å². The number of rotatable bonds is 14. The fourth-order valence-electron chi connectivity index (χ4n) is 9.29. The van der Waals surface area contributed by atoms with Crippen LogP contribution in [0.1, 0.15) is 98.3 Å². The maximum Gasteiger partial charge on any atom is 0.326 e. The van der Waals surface area contributed by atoms with E-state index in [1.807, 2.05) is 6.92 Å². The van der Waals surface area contributed by atoms with Crippen LogP contribution in [-0.4, -0.2) is 86.9 Å². The lowest BCUT2D eigenvalue weighted by Crippen LogP contribution is -2.62. The molecular weight excluding hydrogens is 638 g/mol. The first-order valence-corrected chi connectivity index (χ1v) is 17.3. The lowest BCUT2D eigenvalue weighted by atomic mass is 9.45. The smallest absolute Gasteiger partial charge is 0.326 e. The molecule has 0 aromatic heterocycles. The van der Waals surface area contributed by atoms with Crippen LogP contribution in [0.2, 0.25) is 0 Å². The number of carbonyl (C=O) groups excluding carboxylic acids is 6. The van der Waals surface area contributed by atoms with Crippen molar-refractivity contribution < 1.29 is 53.6 Å². The highest BCUT2D eigenvalue weighted by Gasteiger charge is 2.68. The third kappa shape index (κ3) is 7.59. The van der Waals surface area contributed by atoms with Gasteiger partial charge in [-0.25, -0.2) is 4.79 Å². The van der Waals surface area contributed by atoms with Gasteiger partial charge in [-0.15, -0.1) is 0 Å². The molecule has 0 unspecified atom stereocenters. The molecule has 3 fully saturated rings. The van der Waals surface area contributed by atoms with Crippen LogP contribution in [0.5, 0.6) is 0 Å². The molecule has 49 heavy (non-hydrogen) atoms. The molecule has 14 heteroatoms. The van der Waals surface area contributed by atoms with E-state index in [9.17, 15) is 48.9 Å². The van der Waals surface area contributed by atoms with Gasteiger partial charge in [0.2, 0.25) is 23.5 Å². The van der Waals surface area contributed by atoms with E-state index in [0.29, 0.717) is 19.3 Å². The second kappa shape index (κ2) is 14.7. The molecule has 0 aliphatic heterocycles. The standard InChI is InChI=1S/C35H51N3O11/c1-18(2)30(31(45)37-23(32(46)47)7-8-26(36)42)38-27(43)9-10-28(44)49-17-25(41)35(48)14-12-22-21-6-5-19-15-20(39)11-13-33(19,3)29(21)24(40)16-34(22,35)4/h15,18,21-24,29-30,40,48H,5-14,16-17H2,1-4H3,(H2,36,42)(H,37,45)(H,38,43)(H,46,47)/t21-,22-,23-,24-,29+,30+,33-,34-,35-/m0/s1. The van der Waals surface area contributed by atoms with E-state index < -0.39 is 83.6 Å². The molecule has 9 atom stereocenters. The largest absolute Gasteiger partial charge is 0.480 e. The van der Waals surface area contributed by atoms with Gasteiger partial charge in [-0.1, -0.05) is 33.3 Å².